The molecule has 92 valence electrons. The van der Waals surface area contributed by atoms with Gasteiger partial charge in [0.25, 0.3) is 0 Å². The first-order valence-electron chi connectivity index (χ1n) is 5.48. The Bertz CT molecular complexity index is 710. The Morgan fingerprint density at radius 1 is 1.16 bits per heavy atom. The van der Waals surface area contributed by atoms with Crippen molar-refractivity contribution < 1.29 is 0 Å². The molecule has 0 bridgehead atoms. The van der Waals surface area contributed by atoms with E-state index in [1.54, 1.807) is 30.3 Å². The third kappa shape index (κ3) is 3.01. The molecule has 0 aliphatic heterocycles. The summed E-state index contributed by atoms with van der Waals surface area (Å²) < 4.78 is 0. The largest absolute Gasteiger partial charge is 0.340 e. The highest BCUT2D eigenvalue weighted by Gasteiger charge is 2.04. The summed E-state index contributed by atoms with van der Waals surface area (Å²) in [4.78, 5) is 4.28. The van der Waals surface area contributed by atoms with Gasteiger partial charge < -0.3 is 5.32 Å². The van der Waals surface area contributed by atoms with Crippen molar-refractivity contribution >= 4 is 23.1 Å². The van der Waals surface area contributed by atoms with Crippen LogP contribution in [0.15, 0.2) is 30.3 Å². The second-order valence-corrected chi connectivity index (χ2v) is 4.33. The van der Waals surface area contributed by atoms with Crippen LogP contribution in [-0.4, -0.2) is 4.98 Å². The molecule has 0 radical (unpaired) electrons. The molecule has 4 nitrogen and oxygen atoms in total. The second-order valence-electron chi connectivity index (χ2n) is 3.93. The molecule has 0 amide bonds. The fourth-order valence-electron chi connectivity index (χ4n) is 1.63. The topological polar surface area (TPSA) is 72.5 Å². The van der Waals surface area contributed by atoms with Crippen LogP contribution >= 0.6 is 11.6 Å². The van der Waals surface area contributed by atoms with Gasteiger partial charge in [0, 0.05) is 11.4 Å². The van der Waals surface area contributed by atoms with Gasteiger partial charge in [-0.25, -0.2) is 4.98 Å². The maximum atomic E-state index is 8.90. The summed E-state index contributed by atoms with van der Waals surface area (Å²) in [6.07, 6.45) is 0. The number of hydrogen-bond donors (Lipinski definition) is 1. The molecule has 1 N–H and O–H groups in total. The van der Waals surface area contributed by atoms with Gasteiger partial charge in [-0.3, -0.25) is 0 Å². The molecule has 1 heterocycles. The molecule has 1 aromatic carbocycles. The molecule has 5 heteroatoms. The summed E-state index contributed by atoms with van der Waals surface area (Å²) in [5.41, 5.74) is 2.42. The summed E-state index contributed by atoms with van der Waals surface area (Å²) in [5.74, 6) is 0.567. The van der Waals surface area contributed by atoms with Gasteiger partial charge in [0.1, 0.15) is 11.9 Å². The summed E-state index contributed by atoms with van der Waals surface area (Å²) >= 11 is 5.95. The van der Waals surface area contributed by atoms with Gasteiger partial charge in [0.2, 0.25) is 0 Å². The zero-order valence-electron chi connectivity index (χ0n) is 10.1. The Morgan fingerprint density at radius 3 is 2.58 bits per heavy atom. The van der Waals surface area contributed by atoms with Crippen LogP contribution in [0.4, 0.5) is 11.5 Å². The first kappa shape index (κ1) is 12.9. The lowest BCUT2D eigenvalue weighted by Gasteiger charge is -2.07. The van der Waals surface area contributed by atoms with Gasteiger partial charge in [-0.05, 0) is 37.3 Å². The monoisotopic (exact) mass is 268 g/mol. The number of halogens is 1. The van der Waals surface area contributed by atoms with Crippen molar-refractivity contribution in [1.29, 1.82) is 10.5 Å². The maximum absolute atomic E-state index is 8.90. The number of rotatable bonds is 2. The SMILES string of the molecule is Cc1cc(C#N)cc(Nc2ccc(C#N)c(Cl)c2)n1. The summed E-state index contributed by atoms with van der Waals surface area (Å²) in [6, 6.07) is 12.4. The Balaban J connectivity index is 2.32. The van der Waals surface area contributed by atoms with Crippen molar-refractivity contribution in [3.05, 3.63) is 52.2 Å². The quantitative estimate of drug-likeness (QED) is 0.904. The summed E-state index contributed by atoms with van der Waals surface area (Å²) in [7, 11) is 0. The first-order valence-corrected chi connectivity index (χ1v) is 5.85. The number of nitriles is 2. The van der Waals surface area contributed by atoms with Crippen molar-refractivity contribution in [1.82, 2.24) is 4.98 Å². The highest BCUT2D eigenvalue weighted by molar-refractivity contribution is 6.32. The van der Waals surface area contributed by atoms with E-state index in [4.69, 9.17) is 22.1 Å². The Kier molecular flexibility index (Phi) is 3.66. The molecule has 0 aliphatic rings. The van der Waals surface area contributed by atoms with Crippen molar-refractivity contribution in [3.63, 3.8) is 0 Å². The van der Waals surface area contributed by atoms with Crippen LogP contribution in [0, 0.1) is 29.6 Å². The van der Waals surface area contributed by atoms with Crippen LogP contribution in [0.1, 0.15) is 16.8 Å². The molecule has 0 saturated heterocycles. The molecule has 0 aliphatic carbocycles. The van der Waals surface area contributed by atoms with E-state index in [1.165, 1.54) is 0 Å². The van der Waals surface area contributed by atoms with E-state index < -0.39 is 0 Å². The molecule has 0 saturated carbocycles. The number of pyridine rings is 1. The van der Waals surface area contributed by atoms with Gasteiger partial charge in [0.05, 0.1) is 22.2 Å². The third-order valence-corrected chi connectivity index (χ3v) is 2.76. The van der Waals surface area contributed by atoms with Crippen LogP contribution in [0.3, 0.4) is 0 Å². The van der Waals surface area contributed by atoms with Gasteiger partial charge in [-0.1, -0.05) is 11.6 Å². The van der Waals surface area contributed by atoms with Crippen molar-refractivity contribution in [2.24, 2.45) is 0 Å². The van der Waals surface area contributed by atoms with Crippen molar-refractivity contribution in [2.75, 3.05) is 5.32 Å². The summed E-state index contributed by atoms with van der Waals surface area (Å²) in [6.45, 7) is 1.82. The molecule has 2 aromatic rings. The van der Waals surface area contributed by atoms with E-state index >= 15 is 0 Å². The molecule has 1 aromatic heterocycles. The van der Waals surface area contributed by atoms with Gasteiger partial charge in [0.15, 0.2) is 0 Å². The minimum absolute atomic E-state index is 0.376. The average Bonchev–Trinajstić information content (AvgIpc) is 2.38. The number of aromatic nitrogens is 1. The molecular formula is C14H9ClN4. The predicted molar refractivity (Wildman–Crippen MR) is 73.1 cm³/mol. The Morgan fingerprint density at radius 2 is 1.95 bits per heavy atom. The minimum atomic E-state index is 0.376. The number of hydrogen-bond acceptors (Lipinski definition) is 4. The predicted octanol–water partition coefficient (Wildman–Crippen LogP) is 3.53. The zero-order valence-corrected chi connectivity index (χ0v) is 10.9. The van der Waals surface area contributed by atoms with E-state index in [-0.39, 0.29) is 0 Å². The zero-order chi connectivity index (χ0) is 13.8. The van der Waals surface area contributed by atoms with E-state index in [0.717, 1.165) is 5.69 Å². The highest BCUT2D eigenvalue weighted by atomic mass is 35.5. The van der Waals surface area contributed by atoms with E-state index in [0.29, 0.717) is 27.7 Å². The Labute approximate surface area is 115 Å². The molecule has 0 unspecified atom stereocenters. The van der Waals surface area contributed by atoms with Crippen molar-refractivity contribution in [2.45, 2.75) is 6.92 Å². The molecule has 0 spiro atoms. The lowest BCUT2D eigenvalue weighted by atomic mass is 10.2. The minimum Gasteiger partial charge on any atom is -0.340 e. The van der Waals surface area contributed by atoms with E-state index in [2.05, 4.69) is 16.4 Å². The molecule has 2 rings (SSSR count). The van der Waals surface area contributed by atoms with Crippen molar-refractivity contribution in [3.8, 4) is 12.1 Å². The number of anilines is 2. The number of aryl methyl sites for hydroxylation is 1. The molecular weight excluding hydrogens is 260 g/mol. The van der Waals surface area contributed by atoms with Crippen LogP contribution in [0.5, 0.6) is 0 Å². The molecule has 0 fully saturated rings. The lowest BCUT2D eigenvalue weighted by Crippen LogP contribution is -1.96. The van der Waals surface area contributed by atoms with Crippen LogP contribution in [0.25, 0.3) is 0 Å². The summed E-state index contributed by atoms with van der Waals surface area (Å²) in [5, 5.41) is 21.1. The van der Waals surface area contributed by atoms with E-state index in [1.807, 2.05) is 13.0 Å². The fraction of sp³-hybridized carbons (Fsp3) is 0.0714. The van der Waals surface area contributed by atoms with Gasteiger partial charge >= 0.3 is 0 Å². The number of nitrogens with one attached hydrogen (secondary N) is 1. The lowest BCUT2D eigenvalue weighted by molar-refractivity contribution is 1.19. The highest BCUT2D eigenvalue weighted by Crippen LogP contribution is 2.23. The first-order chi connectivity index (χ1) is 9.12. The van der Waals surface area contributed by atoms with Crippen LogP contribution in [0.2, 0.25) is 5.02 Å². The smallest absolute Gasteiger partial charge is 0.131 e. The standard InChI is InChI=1S/C14H9ClN4/c1-9-4-10(7-16)5-14(18-9)19-12-3-2-11(8-17)13(15)6-12/h2-6H,1H3,(H,18,19). The number of nitrogens with zero attached hydrogens (tertiary/aromatic N) is 3. The second kappa shape index (κ2) is 5.39. The van der Waals surface area contributed by atoms with Crippen LogP contribution in [-0.2, 0) is 0 Å². The average molecular weight is 269 g/mol. The van der Waals surface area contributed by atoms with Crippen LogP contribution < -0.4 is 5.32 Å². The fourth-order valence-corrected chi connectivity index (χ4v) is 1.85. The number of benzene rings is 1. The normalized spacial score (nSPS) is 9.47. The maximum Gasteiger partial charge on any atom is 0.131 e. The van der Waals surface area contributed by atoms with Gasteiger partial charge in [-0.2, -0.15) is 10.5 Å². The third-order valence-electron chi connectivity index (χ3n) is 2.44. The van der Waals surface area contributed by atoms with Gasteiger partial charge in [-0.15, -0.1) is 0 Å². The Hall–Kier alpha value is -2.56. The van der Waals surface area contributed by atoms with E-state index in [9.17, 15) is 0 Å². The molecule has 0 atom stereocenters. The molecule has 19 heavy (non-hydrogen) atoms.